The van der Waals surface area contributed by atoms with Gasteiger partial charge in [-0.1, -0.05) is 12.1 Å². The molecule has 1 aromatic carbocycles. The third-order valence-corrected chi connectivity index (χ3v) is 4.99. The lowest BCUT2D eigenvalue weighted by molar-refractivity contribution is -0.137. The van der Waals surface area contributed by atoms with Crippen molar-refractivity contribution < 1.29 is 17.6 Å². The van der Waals surface area contributed by atoms with Gasteiger partial charge in [0, 0.05) is 13.1 Å². The predicted octanol–water partition coefficient (Wildman–Crippen LogP) is 3.43. The van der Waals surface area contributed by atoms with E-state index >= 15 is 0 Å². The molecule has 1 fully saturated rings. The van der Waals surface area contributed by atoms with Gasteiger partial charge >= 0.3 is 6.18 Å². The van der Waals surface area contributed by atoms with Crippen molar-refractivity contribution in [2.75, 3.05) is 18.0 Å². The third kappa shape index (κ3) is 3.02. The molecule has 3 aromatic rings. The number of H-pyrrole nitrogens is 1. The maximum absolute atomic E-state index is 13.4. The molecule has 1 aliphatic heterocycles. The maximum Gasteiger partial charge on any atom is 0.416 e. The molecule has 10 heteroatoms. The van der Waals surface area contributed by atoms with Gasteiger partial charge in [-0.05, 0) is 31.0 Å². The monoisotopic (exact) mass is 395 g/mol. The summed E-state index contributed by atoms with van der Waals surface area (Å²) in [6, 6.07) is 4.13. The summed E-state index contributed by atoms with van der Waals surface area (Å²) in [5.41, 5.74) is -0.531. The summed E-state index contributed by atoms with van der Waals surface area (Å²) in [6.07, 6.45) is -3.44. The second kappa shape index (κ2) is 6.61. The van der Waals surface area contributed by atoms with Crippen molar-refractivity contribution in [2.24, 2.45) is 0 Å². The Hall–Kier alpha value is -2.91. The van der Waals surface area contributed by atoms with Crippen LogP contribution in [-0.4, -0.2) is 32.8 Å². The molecule has 1 N–H and O–H groups in total. The SMILES string of the molecule is C[C@@H](c1ccc(C(F)(F)F)cc1)n1nc(CF)c2c(=O)[nH]c(N3CCC3)nc21. The molecule has 0 aliphatic carbocycles. The molecule has 28 heavy (non-hydrogen) atoms. The molecule has 0 radical (unpaired) electrons. The molecular formula is C18H17F4N5O. The number of hydrogen-bond acceptors (Lipinski definition) is 4. The number of aromatic amines is 1. The molecular weight excluding hydrogens is 378 g/mol. The molecule has 6 nitrogen and oxygen atoms in total. The van der Waals surface area contributed by atoms with Crippen LogP contribution in [0.3, 0.4) is 0 Å². The van der Waals surface area contributed by atoms with E-state index in [0.29, 0.717) is 11.5 Å². The lowest BCUT2D eigenvalue weighted by Crippen LogP contribution is -2.39. The molecule has 3 heterocycles. The third-order valence-electron chi connectivity index (χ3n) is 4.99. The molecule has 0 amide bonds. The quantitative estimate of drug-likeness (QED) is 0.688. The van der Waals surface area contributed by atoms with Crippen molar-refractivity contribution in [3.05, 3.63) is 51.4 Å². The van der Waals surface area contributed by atoms with E-state index in [1.54, 1.807) is 6.92 Å². The van der Waals surface area contributed by atoms with Gasteiger partial charge in [-0.2, -0.15) is 23.3 Å². The first-order valence-electron chi connectivity index (χ1n) is 8.79. The van der Waals surface area contributed by atoms with Crippen LogP contribution >= 0.6 is 0 Å². The van der Waals surface area contributed by atoms with Gasteiger partial charge in [0.25, 0.3) is 5.56 Å². The highest BCUT2D eigenvalue weighted by atomic mass is 19.4. The summed E-state index contributed by atoms with van der Waals surface area (Å²) in [5, 5.41) is 4.24. The number of rotatable bonds is 4. The summed E-state index contributed by atoms with van der Waals surface area (Å²) in [5.74, 6) is 0.384. The van der Waals surface area contributed by atoms with E-state index in [4.69, 9.17) is 0 Å². The zero-order chi connectivity index (χ0) is 20.1. The number of nitrogens with zero attached hydrogens (tertiary/aromatic N) is 4. The van der Waals surface area contributed by atoms with E-state index in [1.165, 1.54) is 16.8 Å². The second-order valence-corrected chi connectivity index (χ2v) is 6.75. The number of nitrogens with one attached hydrogen (secondary N) is 1. The lowest BCUT2D eigenvalue weighted by Gasteiger charge is -2.31. The first kappa shape index (κ1) is 18.5. The number of alkyl halides is 4. The largest absolute Gasteiger partial charge is 0.416 e. The van der Waals surface area contributed by atoms with E-state index in [2.05, 4.69) is 15.1 Å². The highest BCUT2D eigenvalue weighted by Gasteiger charge is 2.30. The maximum atomic E-state index is 13.4. The van der Waals surface area contributed by atoms with Crippen LogP contribution in [0.5, 0.6) is 0 Å². The van der Waals surface area contributed by atoms with Gasteiger partial charge in [-0.15, -0.1) is 0 Å². The van der Waals surface area contributed by atoms with Crippen molar-refractivity contribution in [1.82, 2.24) is 19.7 Å². The Morgan fingerprint density at radius 1 is 1.21 bits per heavy atom. The minimum absolute atomic E-state index is 0.0438. The summed E-state index contributed by atoms with van der Waals surface area (Å²) < 4.78 is 53.2. The first-order valence-corrected chi connectivity index (χ1v) is 8.79. The van der Waals surface area contributed by atoms with Crippen LogP contribution in [0, 0.1) is 0 Å². The van der Waals surface area contributed by atoms with Gasteiger partial charge in [0.05, 0.1) is 11.6 Å². The molecule has 0 unspecified atom stereocenters. The number of benzene rings is 1. The zero-order valence-corrected chi connectivity index (χ0v) is 14.9. The zero-order valence-electron chi connectivity index (χ0n) is 14.9. The highest BCUT2D eigenvalue weighted by molar-refractivity contribution is 5.78. The minimum Gasteiger partial charge on any atom is -0.342 e. The number of anilines is 1. The van der Waals surface area contributed by atoms with E-state index in [0.717, 1.165) is 31.6 Å². The summed E-state index contributed by atoms with van der Waals surface area (Å²) in [4.78, 5) is 21.5. The van der Waals surface area contributed by atoms with Crippen LogP contribution in [0.1, 0.15) is 36.2 Å². The van der Waals surface area contributed by atoms with Gasteiger partial charge in [-0.25, -0.2) is 9.07 Å². The Kier molecular flexibility index (Phi) is 4.35. The molecule has 1 aliphatic rings. The lowest BCUT2D eigenvalue weighted by atomic mass is 10.1. The number of fused-ring (bicyclic) bond motifs is 1. The molecule has 0 saturated carbocycles. The van der Waals surface area contributed by atoms with E-state index < -0.39 is 30.0 Å². The van der Waals surface area contributed by atoms with Crippen molar-refractivity contribution >= 4 is 17.0 Å². The van der Waals surface area contributed by atoms with Crippen LogP contribution < -0.4 is 10.5 Å². The fourth-order valence-corrected chi connectivity index (χ4v) is 3.24. The van der Waals surface area contributed by atoms with Crippen molar-refractivity contribution in [2.45, 2.75) is 32.2 Å². The number of hydrogen-bond donors (Lipinski definition) is 1. The fourth-order valence-electron chi connectivity index (χ4n) is 3.24. The van der Waals surface area contributed by atoms with Crippen molar-refractivity contribution in [3.63, 3.8) is 0 Å². The van der Waals surface area contributed by atoms with Gasteiger partial charge in [0.15, 0.2) is 5.65 Å². The molecule has 4 rings (SSSR count). The van der Waals surface area contributed by atoms with Crippen molar-refractivity contribution in [1.29, 1.82) is 0 Å². The number of halogens is 4. The summed E-state index contributed by atoms with van der Waals surface area (Å²) in [6.45, 7) is 2.28. The van der Waals surface area contributed by atoms with Crippen LogP contribution in [0.25, 0.3) is 11.0 Å². The second-order valence-electron chi connectivity index (χ2n) is 6.75. The molecule has 0 spiro atoms. The Labute approximate surface area is 156 Å². The van der Waals surface area contributed by atoms with Crippen molar-refractivity contribution in [3.8, 4) is 0 Å². The summed E-state index contributed by atoms with van der Waals surface area (Å²) in [7, 11) is 0. The molecule has 148 valence electrons. The van der Waals surface area contributed by atoms with E-state index in [-0.39, 0.29) is 16.7 Å². The first-order chi connectivity index (χ1) is 13.3. The van der Waals surface area contributed by atoms with E-state index in [1.807, 2.05) is 4.90 Å². The predicted molar refractivity (Wildman–Crippen MR) is 95.0 cm³/mol. The Balaban J connectivity index is 1.80. The van der Waals surface area contributed by atoms with Gasteiger partial charge in [0.1, 0.15) is 17.8 Å². The Bertz CT molecular complexity index is 1070. The van der Waals surface area contributed by atoms with Gasteiger partial charge in [0.2, 0.25) is 5.95 Å². The van der Waals surface area contributed by atoms with E-state index in [9.17, 15) is 22.4 Å². The van der Waals surface area contributed by atoms with Crippen LogP contribution in [0.2, 0.25) is 0 Å². The number of aromatic nitrogens is 4. The highest BCUT2D eigenvalue weighted by Crippen LogP contribution is 2.31. The fraction of sp³-hybridized carbons (Fsp3) is 0.389. The smallest absolute Gasteiger partial charge is 0.342 e. The normalized spacial score (nSPS) is 15.7. The van der Waals surface area contributed by atoms with Crippen LogP contribution in [0.15, 0.2) is 29.1 Å². The average Bonchev–Trinajstić information content (AvgIpc) is 2.98. The standard InChI is InChI=1S/C18H17F4N5O/c1-10(11-3-5-12(6-4-11)18(20,21)22)27-15-14(13(9-19)25-27)16(28)24-17(23-15)26-7-2-8-26/h3-6,10H,2,7-9H2,1H3,(H,23,24,28)/t10-/m0/s1. The average molecular weight is 395 g/mol. The van der Waals surface area contributed by atoms with Crippen LogP contribution in [-0.2, 0) is 12.9 Å². The minimum atomic E-state index is -4.43. The Morgan fingerprint density at radius 2 is 1.89 bits per heavy atom. The van der Waals surface area contributed by atoms with Gasteiger partial charge in [-0.3, -0.25) is 9.78 Å². The van der Waals surface area contributed by atoms with Crippen LogP contribution in [0.4, 0.5) is 23.5 Å². The summed E-state index contributed by atoms with van der Waals surface area (Å²) >= 11 is 0. The Morgan fingerprint density at radius 3 is 2.43 bits per heavy atom. The molecule has 2 aromatic heterocycles. The topological polar surface area (TPSA) is 66.8 Å². The van der Waals surface area contributed by atoms with Gasteiger partial charge < -0.3 is 4.90 Å². The molecule has 1 atom stereocenters. The molecule has 1 saturated heterocycles. The molecule has 0 bridgehead atoms.